The molecule has 0 spiro atoms. The van der Waals surface area contributed by atoms with Crippen molar-refractivity contribution in [2.24, 2.45) is 5.41 Å². The number of nitrogens with zero attached hydrogens (tertiary/aromatic N) is 1. The summed E-state index contributed by atoms with van der Waals surface area (Å²) in [5.41, 5.74) is 1.18. The Morgan fingerprint density at radius 1 is 1.32 bits per heavy atom. The first-order chi connectivity index (χ1) is 10.4. The maximum atomic E-state index is 12.4. The van der Waals surface area contributed by atoms with Crippen LogP contribution in [0.4, 0.5) is 0 Å². The predicted octanol–water partition coefficient (Wildman–Crippen LogP) is 2.87. The van der Waals surface area contributed by atoms with Crippen LogP contribution in [0.5, 0.6) is 0 Å². The first-order valence-corrected chi connectivity index (χ1v) is 7.32. The number of rotatable bonds is 5. The molecule has 22 heavy (non-hydrogen) atoms. The van der Waals surface area contributed by atoms with Crippen LogP contribution in [0.1, 0.15) is 37.6 Å². The van der Waals surface area contributed by atoms with Gasteiger partial charge in [-0.3, -0.25) is 4.79 Å². The maximum absolute atomic E-state index is 12.4. The molecule has 1 amide bonds. The van der Waals surface area contributed by atoms with E-state index in [1.165, 1.54) is 6.20 Å². The number of hydrogen-bond acceptors (Lipinski definition) is 4. The fourth-order valence-electron chi connectivity index (χ4n) is 2.36. The Hall–Kier alpha value is -2.14. The van der Waals surface area contributed by atoms with Crippen LogP contribution in [0.2, 0.25) is 0 Å². The van der Waals surface area contributed by atoms with E-state index in [9.17, 15) is 9.90 Å². The lowest BCUT2D eigenvalue weighted by molar-refractivity contribution is 0.0898. The molecule has 0 aliphatic rings. The second kappa shape index (κ2) is 6.75. The molecule has 2 N–H and O–H groups in total. The van der Waals surface area contributed by atoms with E-state index in [1.54, 1.807) is 0 Å². The van der Waals surface area contributed by atoms with E-state index >= 15 is 0 Å². The van der Waals surface area contributed by atoms with Crippen molar-refractivity contribution < 1.29 is 14.4 Å². The van der Waals surface area contributed by atoms with Crippen LogP contribution in [-0.4, -0.2) is 28.8 Å². The Bertz CT molecular complexity index is 614. The Kier molecular flexibility index (Phi) is 4.98. The van der Waals surface area contributed by atoms with Gasteiger partial charge < -0.3 is 14.9 Å². The van der Waals surface area contributed by atoms with Crippen molar-refractivity contribution in [2.45, 2.75) is 33.2 Å². The van der Waals surface area contributed by atoms with Crippen molar-refractivity contribution in [3.63, 3.8) is 0 Å². The van der Waals surface area contributed by atoms with E-state index in [2.05, 4.69) is 31.2 Å². The standard InChI is InChI=1S/C17H22N2O3/c1-17(2,3)9-13(11-20)19-16(21)14-10-18-22-15(14)12-7-5-4-6-8-12/h4-8,10,13,20H,9,11H2,1-3H3,(H,19,21). The normalized spacial score (nSPS) is 12.9. The smallest absolute Gasteiger partial charge is 0.257 e. The minimum absolute atomic E-state index is 0.0115. The van der Waals surface area contributed by atoms with E-state index in [0.29, 0.717) is 17.7 Å². The number of nitrogens with one attached hydrogen (secondary N) is 1. The molecule has 2 rings (SSSR count). The molecule has 1 unspecified atom stereocenters. The molecule has 0 fully saturated rings. The van der Waals surface area contributed by atoms with Gasteiger partial charge in [-0.05, 0) is 11.8 Å². The molecule has 118 valence electrons. The minimum Gasteiger partial charge on any atom is -0.394 e. The van der Waals surface area contributed by atoms with Gasteiger partial charge in [0.2, 0.25) is 0 Å². The largest absolute Gasteiger partial charge is 0.394 e. The van der Waals surface area contributed by atoms with Crippen LogP contribution in [-0.2, 0) is 0 Å². The Morgan fingerprint density at radius 3 is 2.59 bits per heavy atom. The number of carbonyl (C=O) groups excluding carboxylic acids is 1. The Balaban J connectivity index is 2.16. The first kappa shape index (κ1) is 16.2. The molecule has 5 nitrogen and oxygen atoms in total. The summed E-state index contributed by atoms with van der Waals surface area (Å²) < 4.78 is 5.21. The van der Waals surface area contributed by atoms with Crippen LogP contribution in [0.25, 0.3) is 11.3 Å². The van der Waals surface area contributed by atoms with Gasteiger partial charge in [-0.15, -0.1) is 0 Å². The van der Waals surface area contributed by atoms with Crippen molar-refractivity contribution in [3.8, 4) is 11.3 Å². The number of benzene rings is 1. The van der Waals surface area contributed by atoms with Crippen molar-refractivity contribution in [3.05, 3.63) is 42.1 Å². The van der Waals surface area contributed by atoms with Crippen molar-refractivity contribution in [1.29, 1.82) is 0 Å². The van der Waals surface area contributed by atoms with Crippen molar-refractivity contribution in [1.82, 2.24) is 10.5 Å². The highest BCUT2D eigenvalue weighted by Gasteiger charge is 2.23. The molecule has 1 atom stereocenters. The van der Waals surface area contributed by atoms with Gasteiger partial charge in [-0.1, -0.05) is 56.3 Å². The highest BCUT2D eigenvalue weighted by atomic mass is 16.5. The van der Waals surface area contributed by atoms with Crippen molar-refractivity contribution in [2.75, 3.05) is 6.61 Å². The summed E-state index contributed by atoms with van der Waals surface area (Å²) in [5.74, 6) is 0.147. The zero-order valence-electron chi connectivity index (χ0n) is 13.2. The molecule has 0 aliphatic heterocycles. The molecule has 0 saturated heterocycles. The SMILES string of the molecule is CC(C)(C)CC(CO)NC(=O)c1cnoc1-c1ccccc1. The summed E-state index contributed by atoms with van der Waals surface area (Å²) in [4.78, 5) is 12.4. The van der Waals surface area contributed by atoms with Gasteiger partial charge in [0.05, 0.1) is 18.8 Å². The topological polar surface area (TPSA) is 75.4 Å². The van der Waals surface area contributed by atoms with Gasteiger partial charge in [0.1, 0.15) is 5.56 Å². The minimum atomic E-state index is -0.300. The van der Waals surface area contributed by atoms with E-state index < -0.39 is 0 Å². The number of amides is 1. The number of carbonyl (C=O) groups is 1. The second-order valence-corrected chi connectivity index (χ2v) is 6.55. The molecular formula is C17H22N2O3. The fourth-order valence-corrected chi connectivity index (χ4v) is 2.36. The van der Waals surface area contributed by atoms with Gasteiger partial charge in [0.15, 0.2) is 5.76 Å². The Morgan fingerprint density at radius 2 is 2.00 bits per heavy atom. The second-order valence-electron chi connectivity index (χ2n) is 6.55. The summed E-state index contributed by atoms with van der Waals surface area (Å²) >= 11 is 0. The quantitative estimate of drug-likeness (QED) is 0.890. The van der Waals surface area contributed by atoms with Crippen LogP contribution >= 0.6 is 0 Å². The van der Waals surface area contributed by atoms with Crippen LogP contribution in [0.3, 0.4) is 0 Å². The summed E-state index contributed by atoms with van der Waals surface area (Å²) in [7, 11) is 0. The predicted molar refractivity (Wildman–Crippen MR) is 84.4 cm³/mol. The number of aromatic nitrogens is 1. The molecule has 1 heterocycles. The van der Waals surface area contributed by atoms with Crippen LogP contribution in [0.15, 0.2) is 41.1 Å². The van der Waals surface area contributed by atoms with E-state index in [1.807, 2.05) is 30.3 Å². The monoisotopic (exact) mass is 302 g/mol. The van der Waals surface area contributed by atoms with Gasteiger partial charge >= 0.3 is 0 Å². The number of aliphatic hydroxyl groups excluding tert-OH is 1. The van der Waals surface area contributed by atoms with E-state index in [4.69, 9.17) is 4.52 Å². The average Bonchev–Trinajstić information content (AvgIpc) is 2.95. The van der Waals surface area contributed by atoms with Gasteiger partial charge in [0.25, 0.3) is 5.91 Å². The number of aliphatic hydroxyl groups is 1. The summed E-state index contributed by atoms with van der Waals surface area (Å²) in [6.45, 7) is 6.10. The summed E-state index contributed by atoms with van der Waals surface area (Å²) in [6, 6.07) is 9.05. The molecular weight excluding hydrogens is 280 g/mol. The summed E-state index contributed by atoms with van der Waals surface area (Å²) in [6.07, 6.45) is 2.09. The van der Waals surface area contributed by atoms with Crippen molar-refractivity contribution >= 4 is 5.91 Å². The third-order valence-electron chi connectivity index (χ3n) is 3.27. The van der Waals surface area contributed by atoms with Gasteiger partial charge in [-0.25, -0.2) is 0 Å². The Labute approximate surface area is 130 Å². The first-order valence-electron chi connectivity index (χ1n) is 7.32. The third-order valence-corrected chi connectivity index (χ3v) is 3.27. The highest BCUT2D eigenvalue weighted by Crippen LogP contribution is 2.24. The molecule has 0 saturated carbocycles. The molecule has 0 radical (unpaired) electrons. The molecule has 2 aromatic rings. The summed E-state index contributed by atoms with van der Waals surface area (Å²) in [5, 5.41) is 16.0. The molecule has 0 aliphatic carbocycles. The van der Waals surface area contributed by atoms with Crippen LogP contribution in [0, 0.1) is 5.41 Å². The molecule has 1 aromatic carbocycles. The zero-order valence-corrected chi connectivity index (χ0v) is 13.2. The lowest BCUT2D eigenvalue weighted by atomic mass is 9.88. The lowest BCUT2D eigenvalue weighted by Crippen LogP contribution is -2.40. The van der Waals surface area contributed by atoms with Crippen LogP contribution < -0.4 is 5.32 Å². The number of hydrogen-bond donors (Lipinski definition) is 2. The van der Waals surface area contributed by atoms with E-state index in [-0.39, 0.29) is 24.0 Å². The van der Waals surface area contributed by atoms with Gasteiger partial charge in [0, 0.05) is 5.56 Å². The molecule has 5 heteroatoms. The van der Waals surface area contributed by atoms with E-state index in [0.717, 1.165) is 5.56 Å². The van der Waals surface area contributed by atoms with Gasteiger partial charge in [-0.2, -0.15) is 0 Å². The fraction of sp³-hybridized carbons (Fsp3) is 0.412. The lowest BCUT2D eigenvalue weighted by Gasteiger charge is -2.25. The maximum Gasteiger partial charge on any atom is 0.257 e. The zero-order chi connectivity index (χ0) is 16.2. The third kappa shape index (κ3) is 4.18. The molecule has 1 aromatic heterocycles. The molecule has 0 bridgehead atoms. The average molecular weight is 302 g/mol. The highest BCUT2D eigenvalue weighted by molar-refractivity contribution is 5.99.